The first-order valence-corrected chi connectivity index (χ1v) is 9.59. The number of benzene rings is 2. The predicted octanol–water partition coefficient (Wildman–Crippen LogP) is 4.08. The van der Waals surface area contributed by atoms with E-state index in [1.54, 1.807) is 0 Å². The molecule has 1 N–H and O–H groups in total. The highest BCUT2D eigenvalue weighted by atomic mass is 32.2. The highest BCUT2D eigenvalue weighted by molar-refractivity contribution is 7.88. The smallest absolute Gasteiger partial charge is 0.209 e. The molecule has 1 atom stereocenters. The Bertz CT molecular complexity index is 735. The zero-order valence-electron chi connectivity index (χ0n) is 13.6. The van der Waals surface area contributed by atoms with E-state index in [4.69, 9.17) is 0 Å². The van der Waals surface area contributed by atoms with Gasteiger partial charge in [0.05, 0.1) is 6.26 Å². The summed E-state index contributed by atoms with van der Waals surface area (Å²) in [5, 5.41) is 0. The van der Waals surface area contributed by atoms with Crippen molar-refractivity contribution in [2.24, 2.45) is 0 Å². The Labute approximate surface area is 139 Å². The molecule has 0 heterocycles. The lowest BCUT2D eigenvalue weighted by Gasteiger charge is -2.17. The molecule has 0 aliphatic rings. The summed E-state index contributed by atoms with van der Waals surface area (Å²) < 4.78 is 25.9. The summed E-state index contributed by atoms with van der Waals surface area (Å²) in [4.78, 5) is 0. The van der Waals surface area contributed by atoms with Crippen LogP contribution in [0.25, 0.3) is 6.08 Å². The Morgan fingerprint density at radius 3 is 2.30 bits per heavy atom. The summed E-state index contributed by atoms with van der Waals surface area (Å²) in [6, 6.07) is 17.9. The van der Waals surface area contributed by atoms with Crippen molar-refractivity contribution >= 4 is 16.1 Å². The second kappa shape index (κ2) is 8.09. The quantitative estimate of drug-likeness (QED) is 0.832. The van der Waals surface area contributed by atoms with Gasteiger partial charge >= 0.3 is 0 Å². The molecule has 0 radical (unpaired) electrons. The molecule has 2 rings (SSSR count). The molecule has 2 aromatic carbocycles. The maximum Gasteiger partial charge on any atom is 0.209 e. The molecule has 1 unspecified atom stereocenters. The van der Waals surface area contributed by atoms with Gasteiger partial charge in [0, 0.05) is 6.04 Å². The van der Waals surface area contributed by atoms with Crippen molar-refractivity contribution in [3.8, 4) is 0 Å². The molecule has 4 heteroatoms. The molecular formula is C19H23NO2S. The van der Waals surface area contributed by atoms with Crippen LogP contribution in [0.5, 0.6) is 0 Å². The highest BCUT2D eigenvalue weighted by Crippen LogP contribution is 2.20. The van der Waals surface area contributed by atoms with Crippen molar-refractivity contribution in [2.75, 3.05) is 6.26 Å². The van der Waals surface area contributed by atoms with Gasteiger partial charge in [0.25, 0.3) is 0 Å². The largest absolute Gasteiger partial charge is 0.213 e. The van der Waals surface area contributed by atoms with Crippen LogP contribution in [0.4, 0.5) is 0 Å². The summed E-state index contributed by atoms with van der Waals surface area (Å²) in [6.07, 6.45) is 6.87. The van der Waals surface area contributed by atoms with Crippen LogP contribution in [-0.2, 0) is 10.0 Å². The van der Waals surface area contributed by atoms with Gasteiger partial charge in [-0.15, -0.1) is 0 Å². The number of sulfonamides is 1. The molecule has 0 aliphatic carbocycles. The topological polar surface area (TPSA) is 46.2 Å². The number of rotatable bonds is 7. The van der Waals surface area contributed by atoms with E-state index in [0.717, 1.165) is 29.5 Å². The van der Waals surface area contributed by atoms with Crippen LogP contribution in [0, 0.1) is 6.92 Å². The number of hydrogen-bond donors (Lipinski definition) is 1. The third-order valence-electron chi connectivity index (χ3n) is 3.57. The van der Waals surface area contributed by atoms with Gasteiger partial charge in [-0.2, -0.15) is 0 Å². The van der Waals surface area contributed by atoms with Crippen molar-refractivity contribution in [2.45, 2.75) is 25.8 Å². The van der Waals surface area contributed by atoms with E-state index in [1.165, 1.54) is 6.26 Å². The molecule has 0 bridgehead atoms. The van der Waals surface area contributed by atoms with Crippen molar-refractivity contribution in [1.29, 1.82) is 0 Å². The first-order chi connectivity index (χ1) is 10.9. The van der Waals surface area contributed by atoms with Crippen LogP contribution in [-0.4, -0.2) is 14.7 Å². The molecule has 0 spiro atoms. The maximum absolute atomic E-state index is 11.6. The minimum Gasteiger partial charge on any atom is -0.213 e. The summed E-state index contributed by atoms with van der Waals surface area (Å²) in [7, 11) is -3.25. The van der Waals surface area contributed by atoms with Crippen LogP contribution in [0.2, 0.25) is 0 Å². The molecule has 23 heavy (non-hydrogen) atoms. The third-order valence-corrected chi connectivity index (χ3v) is 4.28. The lowest BCUT2D eigenvalue weighted by molar-refractivity contribution is 0.547. The van der Waals surface area contributed by atoms with E-state index in [-0.39, 0.29) is 6.04 Å². The minimum absolute atomic E-state index is 0.203. The number of hydrogen-bond acceptors (Lipinski definition) is 2. The van der Waals surface area contributed by atoms with Crippen molar-refractivity contribution < 1.29 is 8.42 Å². The van der Waals surface area contributed by atoms with E-state index >= 15 is 0 Å². The molecule has 0 aromatic heterocycles. The van der Waals surface area contributed by atoms with Gasteiger partial charge in [0.2, 0.25) is 10.0 Å². The summed E-state index contributed by atoms with van der Waals surface area (Å²) in [5.74, 6) is 0. The van der Waals surface area contributed by atoms with Crippen LogP contribution in [0.3, 0.4) is 0 Å². The highest BCUT2D eigenvalue weighted by Gasteiger charge is 2.15. The Balaban J connectivity index is 2.03. The molecule has 0 aliphatic heterocycles. The van der Waals surface area contributed by atoms with Crippen LogP contribution in [0.1, 0.15) is 35.6 Å². The second-order valence-corrected chi connectivity index (χ2v) is 7.52. The molecule has 3 nitrogen and oxygen atoms in total. The number of allylic oxidation sites excluding steroid dienone is 1. The van der Waals surface area contributed by atoms with Gasteiger partial charge in [0.1, 0.15) is 0 Å². The van der Waals surface area contributed by atoms with Crippen molar-refractivity contribution in [1.82, 2.24) is 4.72 Å². The molecule has 122 valence electrons. The Morgan fingerprint density at radius 1 is 1.04 bits per heavy atom. The fraction of sp³-hybridized carbons (Fsp3) is 0.263. The molecule has 0 saturated heterocycles. The van der Waals surface area contributed by atoms with Gasteiger partial charge in [-0.1, -0.05) is 72.3 Å². The molecular weight excluding hydrogens is 306 g/mol. The average Bonchev–Trinajstić information content (AvgIpc) is 2.51. The van der Waals surface area contributed by atoms with Gasteiger partial charge < -0.3 is 0 Å². The lowest BCUT2D eigenvalue weighted by atomic mass is 10.0. The summed E-state index contributed by atoms with van der Waals surface area (Å²) in [6.45, 7) is 2.02. The second-order valence-electron chi connectivity index (χ2n) is 5.74. The standard InChI is InChI=1S/C19H23NO2S/c1-16-12-14-18(15-13-16)19(20-23(2,21)22)11-7-6-10-17-8-4-3-5-9-17/h3-6,8-10,12-15,19-20H,7,11H2,1-2H3/b10-6+. The van der Waals surface area contributed by atoms with E-state index in [1.807, 2.05) is 61.5 Å². The molecule has 2 aromatic rings. The van der Waals surface area contributed by atoms with Gasteiger partial charge in [0.15, 0.2) is 0 Å². The first kappa shape index (κ1) is 17.4. The van der Waals surface area contributed by atoms with Crippen LogP contribution < -0.4 is 4.72 Å². The van der Waals surface area contributed by atoms with Gasteiger partial charge in [-0.05, 0) is 30.9 Å². The molecule has 0 saturated carbocycles. The van der Waals surface area contributed by atoms with Crippen molar-refractivity contribution in [3.05, 3.63) is 77.4 Å². The van der Waals surface area contributed by atoms with Crippen molar-refractivity contribution in [3.63, 3.8) is 0 Å². The minimum atomic E-state index is -3.25. The Morgan fingerprint density at radius 2 is 1.70 bits per heavy atom. The Kier molecular flexibility index (Phi) is 6.13. The van der Waals surface area contributed by atoms with E-state index < -0.39 is 10.0 Å². The van der Waals surface area contributed by atoms with E-state index in [0.29, 0.717) is 0 Å². The zero-order chi connectivity index (χ0) is 16.7. The average molecular weight is 329 g/mol. The van der Waals surface area contributed by atoms with Gasteiger partial charge in [-0.3, -0.25) is 0 Å². The van der Waals surface area contributed by atoms with Gasteiger partial charge in [-0.25, -0.2) is 13.1 Å². The molecule has 0 fully saturated rings. The lowest BCUT2D eigenvalue weighted by Crippen LogP contribution is -2.27. The van der Waals surface area contributed by atoms with Crippen LogP contribution in [0.15, 0.2) is 60.7 Å². The monoisotopic (exact) mass is 329 g/mol. The summed E-state index contributed by atoms with van der Waals surface area (Å²) in [5.41, 5.74) is 3.31. The number of nitrogens with one attached hydrogen (secondary N) is 1. The predicted molar refractivity (Wildman–Crippen MR) is 96.6 cm³/mol. The fourth-order valence-electron chi connectivity index (χ4n) is 2.40. The zero-order valence-corrected chi connectivity index (χ0v) is 14.4. The van der Waals surface area contributed by atoms with Crippen LogP contribution >= 0.6 is 0 Å². The fourth-order valence-corrected chi connectivity index (χ4v) is 3.17. The van der Waals surface area contributed by atoms with E-state index in [9.17, 15) is 8.42 Å². The first-order valence-electron chi connectivity index (χ1n) is 7.69. The van der Waals surface area contributed by atoms with E-state index in [2.05, 4.69) is 16.9 Å². The third kappa shape index (κ3) is 6.38. The number of aryl methyl sites for hydroxylation is 1. The molecule has 0 amide bonds. The Hall–Kier alpha value is -1.91. The summed E-state index contributed by atoms with van der Waals surface area (Å²) >= 11 is 0. The SMILES string of the molecule is Cc1ccc(C(CC/C=C/c2ccccc2)NS(C)(=O)=O)cc1. The normalized spacial score (nSPS) is 13.3. The maximum atomic E-state index is 11.6.